The molecule has 5 nitrogen and oxygen atoms in total. The van der Waals surface area contributed by atoms with Crippen LogP contribution in [-0.4, -0.2) is 39.8 Å². The van der Waals surface area contributed by atoms with Gasteiger partial charge in [0.05, 0.1) is 6.61 Å². The molecule has 2 rings (SSSR count). The van der Waals surface area contributed by atoms with Crippen LogP contribution in [0.1, 0.15) is 21.5 Å². The van der Waals surface area contributed by atoms with Crippen LogP contribution >= 0.6 is 0 Å². The molecule has 1 N–H and O–H groups in total. The standard InChI is InChI=1S/C17H18N2O3/c1-13-4-6-15(7-5-13)16(21)17(22)19(9-10-20)12-14-3-2-8-18-11-14/h2-8,11,20H,9-10,12H2,1H3. The van der Waals surface area contributed by atoms with E-state index in [2.05, 4.69) is 4.98 Å². The highest BCUT2D eigenvalue weighted by Gasteiger charge is 2.23. The average Bonchev–Trinajstić information content (AvgIpc) is 2.55. The number of ketones is 1. The van der Waals surface area contributed by atoms with E-state index in [-0.39, 0.29) is 19.7 Å². The van der Waals surface area contributed by atoms with Crippen molar-refractivity contribution in [1.29, 1.82) is 0 Å². The van der Waals surface area contributed by atoms with Crippen molar-refractivity contribution in [2.24, 2.45) is 0 Å². The summed E-state index contributed by atoms with van der Waals surface area (Å²) in [5.41, 5.74) is 2.18. The molecule has 5 heteroatoms. The third-order valence-corrected chi connectivity index (χ3v) is 3.26. The van der Waals surface area contributed by atoms with Gasteiger partial charge in [-0.15, -0.1) is 0 Å². The maximum atomic E-state index is 12.4. The van der Waals surface area contributed by atoms with Crippen molar-refractivity contribution in [3.8, 4) is 0 Å². The van der Waals surface area contributed by atoms with Crippen molar-refractivity contribution >= 4 is 11.7 Å². The van der Waals surface area contributed by atoms with Gasteiger partial charge in [0.1, 0.15) is 0 Å². The number of amides is 1. The predicted molar refractivity (Wildman–Crippen MR) is 82.2 cm³/mol. The lowest BCUT2D eigenvalue weighted by Gasteiger charge is -2.21. The second kappa shape index (κ2) is 7.47. The van der Waals surface area contributed by atoms with Gasteiger partial charge in [-0.25, -0.2) is 0 Å². The molecule has 0 unspecified atom stereocenters. The number of Topliss-reactive ketones (excluding diaryl/α,β-unsaturated/α-hetero) is 1. The summed E-state index contributed by atoms with van der Waals surface area (Å²) in [6, 6.07) is 10.4. The molecule has 0 saturated carbocycles. The lowest BCUT2D eigenvalue weighted by atomic mass is 10.1. The van der Waals surface area contributed by atoms with Crippen LogP contribution in [0.3, 0.4) is 0 Å². The molecule has 1 aromatic carbocycles. The van der Waals surface area contributed by atoms with Crippen LogP contribution in [0.4, 0.5) is 0 Å². The summed E-state index contributed by atoms with van der Waals surface area (Å²) in [5.74, 6) is -1.20. The van der Waals surface area contributed by atoms with E-state index in [9.17, 15) is 9.59 Å². The van der Waals surface area contributed by atoms with Gasteiger partial charge in [0.25, 0.3) is 5.91 Å². The second-order valence-electron chi connectivity index (χ2n) is 5.01. The molecule has 0 aliphatic carbocycles. The minimum absolute atomic E-state index is 0.103. The lowest BCUT2D eigenvalue weighted by molar-refractivity contribution is -0.127. The third-order valence-electron chi connectivity index (χ3n) is 3.26. The summed E-state index contributed by atoms with van der Waals surface area (Å²) in [4.78, 5) is 30.0. The molecule has 0 fully saturated rings. The maximum absolute atomic E-state index is 12.4. The Kier molecular flexibility index (Phi) is 5.38. The van der Waals surface area contributed by atoms with Crippen LogP contribution in [0.5, 0.6) is 0 Å². The summed E-state index contributed by atoms with van der Waals surface area (Å²) >= 11 is 0. The number of nitrogens with zero attached hydrogens (tertiary/aromatic N) is 2. The number of carbonyl (C=O) groups excluding carboxylic acids is 2. The Morgan fingerprint density at radius 3 is 2.50 bits per heavy atom. The molecular weight excluding hydrogens is 280 g/mol. The Morgan fingerprint density at radius 2 is 1.91 bits per heavy atom. The summed E-state index contributed by atoms with van der Waals surface area (Å²) in [6.45, 7) is 2.06. The zero-order valence-electron chi connectivity index (χ0n) is 12.4. The number of rotatable bonds is 6. The first kappa shape index (κ1) is 15.9. The van der Waals surface area contributed by atoms with Gasteiger partial charge >= 0.3 is 0 Å². The Morgan fingerprint density at radius 1 is 1.18 bits per heavy atom. The van der Waals surface area contributed by atoms with E-state index in [4.69, 9.17) is 5.11 Å². The highest BCUT2D eigenvalue weighted by molar-refractivity contribution is 6.42. The number of benzene rings is 1. The number of hydrogen-bond donors (Lipinski definition) is 1. The number of pyridine rings is 1. The summed E-state index contributed by atoms with van der Waals surface area (Å²) in [7, 11) is 0. The summed E-state index contributed by atoms with van der Waals surface area (Å²) in [6.07, 6.45) is 3.27. The first-order chi connectivity index (χ1) is 10.6. The Labute approximate surface area is 129 Å². The first-order valence-corrected chi connectivity index (χ1v) is 7.02. The Bertz CT molecular complexity index is 639. The fourth-order valence-corrected chi connectivity index (χ4v) is 2.06. The second-order valence-corrected chi connectivity index (χ2v) is 5.01. The quantitative estimate of drug-likeness (QED) is 0.649. The van der Waals surface area contributed by atoms with Crippen LogP contribution in [0.25, 0.3) is 0 Å². The number of aliphatic hydroxyl groups is 1. The van der Waals surface area contributed by atoms with Gasteiger partial charge in [-0.1, -0.05) is 35.9 Å². The zero-order valence-corrected chi connectivity index (χ0v) is 12.4. The van der Waals surface area contributed by atoms with Gasteiger partial charge in [-0.2, -0.15) is 0 Å². The molecule has 0 aliphatic heterocycles. The van der Waals surface area contributed by atoms with Gasteiger partial charge in [0.15, 0.2) is 0 Å². The zero-order chi connectivity index (χ0) is 15.9. The number of aliphatic hydroxyl groups excluding tert-OH is 1. The Balaban J connectivity index is 2.15. The summed E-state index contributed by atoms with van der Waals surface area (Å²) < 4.78 is 0. The van der Waals surface area contributed by atoms with E-state index in [0.29, 0.717) is 5.56 Å². The molecule has 0 aliphatic rings. The highest BCUT2D eigenvalue weighted by Crippen LogP contribution is 2.09. The number of carbonyl (C=O) groups is 2. The fourth-order valence-electron chi connectivity index (χ4n) is 2.06. The van der Waals surface area contributed by atoms with Crippen molar-refractivity contribution < 1.29 is 14.7 Å². The topological polar surface area (TPSA) is 70.5 Å². The number of aromatic nitrogens is 1. The lowest BCUT2D eigenvalue weighted by Crippen LogP contribution is -2.38. The number of aryl methyl sites for hydroxylation is 1. The highest BCUT2D eigenvalue weighted by atomic mass is 16.3. The van der Waals surface area contributed by atoms with Gasteiger partial charge < -0.3 is 10.0 Å². The van der Waals surface area contributed by atoms with Crippen molar-refractivity contribution in [2.45, 2.75) is 13.5 Å². The van der Waals surface area contributed by atoms with E-state index < -0.39 is 11.7 Å². The molecule has 22 heavy (non-hydrogen) atoms. The van der Waals surface area contributed by atoms with E-state index in [1.54, 1.807) is 42.7 Å². The van der Waals surface area contributed by atoms with E-state index in [1.165, 1.54) is 4.90 Å². The van der Waals surface area contributed by atoms with Crippen LogP contribution in [-0.2, 0) is 11.3 Å². The van der Waals surface area contributed by atoms with Gasteiger partial charge in [-0.3, -0.25) is 14.6 Å². The molecule has 0 bridgehead atoms. The molecule has 114 valence electrons. The van der Waals surface area contributed by atoms with Crippen LogP contribution < -0.4 is 0 Å². The molecule has 0 atom stereocenters. The molecule has 0 radical (unpaired) electrons. The van der Waals surface area contributed by atoms with Crippen LogP contribution in [0.15, 0.2) is 48.8 Å². The van der Waals surface area contributed by atoms with Crippen molar-refractivity contribution in [1.82, 2.24) is 9.88 Å². The SMILES string of the molecule is Cc1ccc(C(=O)C(=O)N(CCO)Cc2cccnc2)cc1. The Hall–Kier alpha value is -2.53. The first-order valence-electron chi connectivity index (χ1n) is 7.02. The molecule has 1 heterocycles. The maximum Gasteiger partial charge on any atom is 0.295 e. The smallest absolute Gasteiger partial charge is 0.295 e. The van der Waals surface area contributed by atoms with Gasteiger partial charge in [0, 0.05) is 31.0 Å². The van der Waals surface area contributed by atoms with Crippen molar-refractivity contribution in [3.63, 3.8) is 0 Å². The molecule has 0 spiro atoms. The normalized spacial score (nSPS) is 10.3. The van der Waals surface area contributed by atoms with Gasteiger partial charge in [-0.05, 0) is 18.6 Å². The molecule has 0 saturated heterocycles. The summed E-state index contributed by atoms with van der Waals surface area (Å²) in [5, 5.41) is 9.13. The van der Waals surface area contributed by atoms with Crippen molar-refractivity contribution in [2.75, 3.05) is 13.2 Å². The fraction of sp³-hybridized carbons (Fsp3) is 0.235. The minimum Gasteiger partial charge on any atom is -0.395 e. The van der Waals surface area contributed by atoms with E-state index in [1.807, 2.05) is 13.0 Å². The molecule has 1 aromatic heterocycles. The predicted octanol–water partition coefficient (Wildman–Crippen LogP) is 1.59. The number of hydrogen-bond acceptors (Lipinski definition) is 4. The monoisotopic (exact) mass is 298 g/mol. The third kappa shape index (κ3) is 3.99. The van der Waals surface area contributed by atoms with Crippen LogP contribution in [0, 0.1) is 6.92 Å². The average molecular weight is 298 g/mol. The molecule has 2 aromatic rings. The largest absolute Gasteiger partial charge is 0.395 e. The molecule has 1 amide bonds. The van der Waals surface area contributed by atoms with Crippen molar-refractivity contribution in [3.05, 3.63) is 65.5 Å². The van der Waals surface area contributed by atoms with E-state index >= 15 is 0 Å². The van der Waals surface area contributed by atoms with Crippen LogP contribution in [0.2, 0.25) is 0 Å². The molecular formula is C17H18N2O3. The van der Waals surface area contributed by atoms with Gasteiger partial charge in [0.2, 0.25) is 5.78 Å². The minimum atomic E-state index is -0.623. The van der Waals surface area contributed by atoms with E-state index in [0.717, 1.165) is 11.1 Å².